The topological polar surface area (TPSA) is 15.7 Å². The Kier molecular flexibility index (Phi) is 6.98. The molecule has 0 N–H and O–H groups in total. The third kappa shape index (κ3) is 5.06. The van der Waals surface area contributed by atoms with E-state index in [0.717, 1.165) is 34.2 Å². The van der Waals surface area contributed by atoms with Gasteiger partial charge in [-0.1, -0.05) is 97.1 Å². The van der Waals surface area contributed by atoms with Crippen molar-refractivity contribution in [3.63, 3.8) is 0 Å². The minimum absolute atomic E-state index is 0.857. The first-order valence-electron chi connectivity index (χ1n) is 14.5. The summed E-state index contributed by atoms with van der Waals surface area (Å²) in [6.07, 6.45) is 0. The Labute approximate surface area is 252 Å². The van der Waals surface area contributed by atoms with E-state index in [1.165, 1.54) is 32.7 Å². The van der Waals surface area contributed by atoms with Crippen molar-refractivity contribution in [2.24, 2.45) is 0 Å². The first-order chi connectivity index (χ1) is 21.2. The molecule has 208 valence electrons. The highest BCUT2D eigenvalue weighted by atomic mass is 16.5. The van der Waals surface area contributed by atoms with Crippen molar-refractivity contribution < 1.29 is 4.74 Å². The van der Waals surface area contributed by atoms with Crippen molar-refractivity contribution in [2.75, 3.05) is 24.0 Å². The highest BCUT2D eigenvalue weighted by Crippen LogP contribution is 2.42. The van der Waals surface area contributed by atoms with Gasteiger partial charge in [-0.2, -0.15) is 0 Å². The predicted octanol–water partition coefficient (Wildman–Crippen LogP) is 10.9. The average Bonchev–Trinajstić information content (AvgIpc) is 3.09. The average molecular weight is 557 g/mol. The zero-order valence-electron chi connectivity index (χ0n) is 24.3. The van der Waals surface area contributed by atoms with Crippen LogP contribution < -0.4 is 14.5 Å². The summed E-state index contributed by atoms with van der Waals surface area (Å²) in [5.41, 5.74) is 8.04. The fourth-order valence-corrected chi connectivity index (χ4v) is 5.85. The number of fused-ring (bicyclic) bond motifs is 2. The lowest BCUT2D eigenvalue weighted by Gasteiger charge is -2.28. The standard InChI is InChI=1S/C40H32N2O/c1-41(34-25-27-36(43-2)28-26-34)33-21-17-29(18-22-33)30-19-23-35(24-20-30)42(39-15-7-11-31-9-3-5-13-37(31)39)40-16-8-12-32-10-4-6-14-38(32)40/h3-28H,1-2H3. The molecule has 0 unspecified atom stereocenters. The van der Waals surface area contributed by atoms with Crippen molar-refractivity contribution in [1.29, 1.82) is 0 Å². The Morgan fingerprint density at radius 3 is 1.33 bits per heavy atom. The summed E-state index contributed by atoms with van der Waals surface area (Å²) >= 11 is 0. The summed E-state index contributed by atoms with van der Waals surface area (Å²) < 4.78 is 5.31. The number of hydrogen-bond acceptors (Lipinski definition) is 3. The SMILES string of the molecule is COc1ccc(N(C)c2ccc(-c3ccc(N(c4cccc5ccccc45)c4cccc5ccccc45)cc3)cc2)cc1. The molecule has 43 heavy (non-hydrogen) atoms. The van der Waals surface area contributed by atoms with Crippen LogP contribution in [0.2, 0.25) is 0 Å². The molecule has 0 fully saturated rings. The summed E-state index contributed by atoms with van der Waals surface area (Å²) in [5.74, 6) is 0.857. The molecule has 7 aromatic carbocycles. The third-order valence-electron chi connectivity index (χ3n) is 8.19. The summed E-state index contributed by atoms with van der Waals surface area (Å²) in [6, 6.07) is 56.1. The van der Waals surface area contributed by atoms with Crippen molar-refractivity contribution >= 4 is 50.0 Å². The van der Waals surface area contributed by atoms with Crippen LogP contribution in [0.4, 0.5) is 28.4 Å². The molecular weight excluding hydrogens is 524 g/mol. The zero-order valence-corrected chi connectivity index (χ0v) is 24.3. The van der Waals surface area contributed by atoms with Crippen LogP contribution in [0.1, 0.15) is 0 Å². The molecule has 0 amide bonds. The summed E-state index contributed by atoms with van der Waals surface area (Å²) in [6.45, 7) is 0. The van der Waals surface area contributed by atoms with Crippen LogP contribution in [0.25, 0.3) is 32.7 Å². The maximum absolute atomic E-state index is 5.31. The Balaban J connectivity index is 1.25. The van der Waals surface area contributed by atoms with Crippen LogP contribution in [0.3, 0.4) is 0 Å². The highest BCUT2D eigenvalue weighted by Gasteiger charge is 2.17. The number of benzene rings is 7. The smallest absolute Gasteiger partial charge is 0.119 e. The quantitative estimate of drug-likeness (QED) is 0.194. The molecule has 7 rings (SSSR count). The summed E-state index contributed by atoms with van der Waals surface area (Å²) in [7, 11) is 3.77. The largest absolute Gasteiger partial charge is 0.497 e. The molecule has 0 aliphatic rings. The lowest BCUT2D eigenvalue weighted by Crippen LogP contribution is -2.11. The Bertz CT molecular complexity index is 1920. The van der Waals surface area contributed by atoms with Crippen LogP contribution in [0, 0.1) is 0 Å². The fourth-order valence-electron chi connectivity index (χ4n) is 5.85. The molecule has 0 radical (unpaired) electrons. The van der Waals surface area contributed by atoms with Crippen molar-refractivity contribution in [2.45, 2.75) is 0 Å². The molecule has 0 aliphatic heterocycles. The number of hydrogen-bond donors (Lipinski definition) is 0. The van der Waals surface area contributed by atoms with Gasteiger partial charge in [-0.15, -0.1) is 0 Å². The van der Waals surface area contributed by atoms with E-state index in [4.69, 9.17) is 4.74 Å². The maximum Gasteiger partial charge on any atom is 0.119 e. The van der Waals surface area contributed by atoms with Gasteiger partial charge in [0.2, 0.25) is 0 Å². The molecule has 0 atom stereocenters. The van der Waals surface area contributed by atoms with Gasteiger partial charge in [-0.3, -0.25) is 0 Å². The monoisotopic (exact) mass is 556 g/mol. The van der Waals surface area contributed by atoms with Gasteiger partial charge in [0, 0.05) is 34.9 Å². The van der Waals surface area contributed by atoms with E-state index in [1.54, 1.807) is 7.11 Å². The number of methoxy groups -OCH3 is 1. The molecule has 0 saturated carbocycles. The van der Waals surface area contributed by atoms with Gasteiger partial charge in [0.25, 0.3) is 0 Å². The first-order valence-corrected chi connectivity index (χ1v) is 14.5. The molecular formula is C40H32N2O. The molecule has 0 aliphatic carbocycles. The number of ether oxygens (including phenoxy) is 1. The van der Waals surface area contributed by atoms with Gasteiger partial charge in [0.15, 0.2) is 0 Å². The zero-order chi connectivity index (χ0) is 29.2. The molecule has 7 aromatic rings. The lowest BCUT2D eigenvalue weighted by molar-refractivity contribution is 0.415. The first kappa shape index (κ1) is 26.4. The Morgan fingerprint density at radius 1 is 0.419 bits per heavy atom. The molecule has 0 aromatic heterocycles. The van der Waals surface area contributed by atoms with Crippen LogP contribution in [-0.4, -0.2) is 14.2 Å². The number of nitrogens with zero attached hydrogens (tertiary/aromatic N) is 2. The van der Waals surface area contributed by atoms with Crippen molar-refractivity contribution in [3.8, 4) is 16.9 Å². The fraction of sp³-hybridized carbons (Fsp3) is 0.0500. The second kappa shape index (κ2) is 11.4. The molecule has 0 heterocycles. The van der Waals surface area contributed by atoms with Gasteiger partial charge < -0.3 is 14.5 Å². The van der Waals surface area contributed by atoms with Crippen LogP contribution >= 0.6 is 0 Å². The van der Waals surface area contributed by atoms with E-state index in [-0.39, 0.29) is 0 Å². The van der Waals surface area contributed by atoms with Crippen LogP contribution in [0.15, 0.2) is 158 Å². The van der Waals surface area contributed by atoms with Gasteiger partial charge in [-0.05, 0) is 82.6 Å². The third-order valence-corrected chi connectivity index (χ3v) is 8.19. The molecule has 0 spiro atoms. The normalized spacial score (nSPS) is 11.0. The van der Waals surface area contributed by atoms with E-state index < -0.39 is 0 Å². The second-order valence-electron chi connectivity index (χ2n) is 10.7. The molecule has 0 saturated heterocycles. The van der Waals surface area contributed by atoms with Crippen LogP contribution in [-0.2, 0) is 0 Å². The minimum atomic E-state index is 0.857. The lowest BCUT2D eigenvalue weighted by atomic mass is 10.0. The predicted molar refractivity (Wildman–Crippen MR) is 183 cm³/mol. The van der Waals surface area contributed by atoms with E-state index in [2.05, 4.69) is 162 Å². The molecule has 3 heteroatoms. The van der Waals surface area contributed by atoms with Crippen molar-refractivity contribution in [3.05, 3.63) is 158 Å². The maximum atomic E-state index is 5.31. The summed E-state index contributed by atoms with van der Waals surface area (Å²) in [4.78, 5) is 4.57. The Hall–Kier alpha value is -5.54. The Morgan fingerprint density at radius 2 is 0.837 bits per heavy atom. The van der Waals surface area contributed by atoms with Gasteiger partial charge in [0.05, 0.1) is 18.5 Å². The van der Waals surface area contributed by atoms with Crippen LogP contribution in [0.5, 0.6) is 5.75 Å². The van der Waals surface area contributed by atoms with E-state index in [9.17, 15) is 0 Å². The minimum Gasteiger partial charge on any atom is -0.497 e. The highest BCUT2D eigenvalue weighted by molar-refractivity contribution is 6.04. The summed E-state index contributed by atoms with van der Waals surface area (Å²) in [5, 5.41) is 4.89. The second-order valence-corrected chi connectivity index (χ2v) is 10.7. The van der Waals surface area contributed by atoms with E-state index >= 15 is 0 Å². The molecule has 3 nitrogen and oxygen atoms in total. The van der Waals surface area contributed by atoms with E-state index in [0.29, 0.717) is 0 Å². The van der Waals surface area contributed by atoms with Gasteiger partial charge >= 0.3 is 0 Å². The van der Waals surface area contributed by atoms with Gasteiger partial charge in [0.1, 0.15) is 5.75 Å². The number of anilines is 5. The number of rotatable bonds is 7. The van der Waals surface area contributed by atoms with E-state index in [1.807, 2.05) is 12.1 Å². The van der Waals surface area contributed by atoms with Gasteiger partial charge in [-0.25, -0.2) is 0 Å². The van der Waals surface area contributed by atoms with Crippen molar-refractivity contribution in [1.82, 2.24) is 0 Å². The molecule has 0 bridgehead atoms.